The second-order valence-electron chi connectivity index (χ2n) is 5.17. The van der Waals surface area contributed by atoms with E-state index in [-0.39, 0.29) is 189 Å². The van der Waals surface area contributed by atoms with Crippen LogP contribution < -0.4 is 208 Å². The molecule has 0 radical (unpaired) electrons. The van der Waals surface area contributed by atoms with Crippen LogP contribution in [0.5, 0.6) is 0 Å². The van der Waals surface area contributed by atoms with E-state index < -0.39 is 80.0 Å². The summed E-state index contributed by atoms with van der Waals surface area (Å²) in [5, 5.41) is 65.8. The zero-order chi connectivity index (χ0) is 21.5. The van der Waals surface area contributed by atoms with Crippen LogP contribution >= 0.6 is 0 Å². The van der Waals surface area contributed by atoms with Gasteiger partial charge < -0.3 is 59.4 Å². The van der Waals surface area contributed by atoms with Gasteiger partial charge in [-0.1, -0.05) is 0 Å². The van der Waals surface area contributed by atoms with Crippen LogP contribution in [-0.2, 0) is 0 Å². The van der Waals surface area contributed by atoms with Crippen molar-refractivity contribution in [3.63, 3.8) is 0 Å². The summed E-state index contributed by atoms with van der Waals surface area (Å²) in [6.07, 6.45) is 0. The molecule has 0 bridgehead atoms. The minimum Gasteiger partial charge on any atom is -0.545 e. The Hall–Kier alpha value is 1.52. The average molecular weight is 524 g/mol. The van der Waals surface area contributed by atoms with E-state index in [4.69, 9.17) is 0 Å². The first kappa shape index (κ1) is 45.4. The van der Waals surface area contributed by atoms with Crippen molar-refractivity contribution in [3.8, 4) is 0 Å². The predicted molar refractivity (Wildman–Crippen MR) is 69.9 cm³/mol. The fourth-order valence-electron chi connectivity index (χ4n) is 2.71. The summed E-state index contributed by atoms with van der Waals surface area (Å²) in [4.78, 5) is 67.8. The van der Waals surface area contributed by atoms with Gasteiger partial charge >= 0.3 is 177 Å². The Morgan fingerprint density at radius 3 is 0.735 bits per heavy atom. The summed E-state index contributed by atoms with van der Waals surface area (Å²) >= 11 is 0. The van der Waals surface area contributed by atoms with E-state index in [0.717, 1.165) is 0 Å². The fourth-order valence-corrected chi connectivity index (χ4v) is 2.71. The zero-order valence-electron chi connectivity index (χ0n) is 19.1. The molecular weight excluding hydrogens is 522 g/mol. The molecule has 0 amide bonds. The van der Waals surface area contributed by atoms with Crippen LogP contribution in [0.25, 0.3) is 10.8 Å². The van der Waals surface area contributed by atoms with E-state index in [2.05, 4.69) is 0 Å². The summed E-state index contributed by atoms with van der Waals surface area (Å²) in [7, 11) is 0. The molecule has 18 heteroatoms. The predicted octanol–water partition coefficient (Wildman–Crippen LogP) is -25.0. The van der Waals surface area contributed by atoms with E-state index in [1.54, 1.807) is 0 Å². The topological polar surface area (TPSA) is 241 Å². The summed E-state index contributed by atoms with van der Waals surface area (Å²) < 4.78 is 0. The maximum Gasteiger partial charge on any atom is 1.00 e. The smallest absolute Gasteiger partial charge is 0.545 e. The van der Waals surface area contributed by atoms with Crippen LogP contribution in [0.2, 0.25) is 0 Å². The Morgan fingerprint density at radius 1 is 0.382 bits per heavy atom. The molecule has 0 saturated carbocycles. The largest absolute Gasteiger partial charge is 1.00 e. The summed E-state index contributed by atoms with van der Waals surface area (Å²) in [5.41, 5.74) is -8.76. The maximum atomic E-state index is 11.4. The first-order chi connectivity index (χ1) is 12.9. The molecule has 0 aliphatic carbocycles. The molecule has 0 atom stereocenters. The molecule has 0 heterocycles. The molecule has 2 aromatic rings. The van der Waals surface area contributed by atoms with Gasteiger partial charge in [0.2, 0.25) is 0 Å². The third-order valence-corrected chi connectivity index (χ3v) is 3.70. The number of fused-ring (bicyclic) bond motifs is 1. The molecule has 0 aromatic heterocycles. The van der Waals surface area contributed by atoms with Crippen LogP contribution in [0.15, 0.2) is 12.1 Å². The zero-order valence-corrected chi connectivity index (χ0v) is 31.1. The van der Waals surface area contributed by atoms with Crippen molar-refractivity contribution in [2.45, 2.75) is 0 Å². The van der Waals surface area contributed by atoms with Gasteiger partial charge in [0, 0.05) is 33.4 Å². The molecule has 144 valence electrons. The van der Waals surface area contributed by atoms with Gasteiger partial charge in [-0.05, 0) is 22.9 Å². The molecular formula is C16H2Na6O12. The first-order valence-corrected chi connectivity index (χ1v) is 6.85. The molecule has 34 heavy (non-hydrogen) atoms. The molecule has 0 saturated heterocycles. The number of carboxylic acids is 6. The van der Waals surface area contributed by atoms with Crippen molar-refractivity contribution in [1.82, 2.24) is 0 Å². The Bertz CT molecular complexity index is 1060. The van der Waals surface area contributed by atoms with E-state index in [1.807, 2.05) is 0 Å². The second kappa shape index (κ2) is 18.7. The van der Waals surface area contributed by atoms with E-state index in [9.17, 15) is 59.4 Å². The van der Waals surface area contributed by atoms with Gasteiger partial charge in [-0.3, -0.25) is 0 Å². The van der Waals surface area contributed by atoms with Crippen molar-refractivity contribution in [2.24, 2.45) is 0 Å². The van der Waals surface area contributed by atoms with E-state index >= 15 is 0 Å². The Kier molecular flexibility index (Phi) is 25.0. The van der Waals surface area contributed by atoms with Crippen molar-refractivity contribution < 1.29 is 237 Å². The number of hydrogen-bond donors (Lipinski definition) is 0. The maximum absolute atomic E-state index is 11.4. The molecule has 2 aromatic carbocycles. The van der Waals surface area contributed by atoms with Gasteiger partial charge in [-0.2, -0.15) is 0 Å². The minimum absolute atomic E-state index is 0. The molecule has 0 spiro atoms. The van der Waals surface area contributed by atoms with Gasteiger partial charge in [0.25, 0.3) is 0 Å². The van der Waals surface area contributed by atoms with Crippen molar-refractivity contribution >= 4 is 46.6 Å². The number of hydrogen-bond acceptors (Lipinski definition) is 12. The summed E-state index contributed by atoms with van der Waals surface area (Å²) in [6.45, 7) is 0. The molecule has 0 N–H and O–H groups in total. The summed E-state index contributed by atoms with van der Waals surface area (Å²) in [6, 6.07) is 0.526. The second-order valence-corrected chi connectivity index (χ2v) is 5.17. The Labute approximate surface area is 323 Å². The van der Waals surface area contributed by atoms with Gasteiger partial charge in [-0.25, -0.2) is 0 Å². The minimum atomic E-state index is -2.36. The number of rotatable bonds is 6. The number of aromatic carboxylic acids is 6. The van der Waals surface area contributed by atoms with Crippen molar-refractivity contribution in [1.29, 1.82) is 0 Å². The number of carbonyl (C=O) groups is 6. The molecule has 0 aliphatic rings. The normalized spacial score (nSPS) is 8.59. The Morgan fingerprint density at radius 2 is 0.588 bits per heavy atom. The van der Waals surface area contributed by atoms with Gasteiger partial charge in [-0.15, -0.1) is 0 Å². The molecule has 2 rings (SSSR count). The third-order valence-electron chi connectivity index (χ3n) is 3.70. The molecule has 0 fully saturated rings. The molecule has 12 nitrogen and oxygen atoms in total. The van der Waals surface area contributed by atoms with Gasteiger partial charge in [0.1, 0.15) is 0 Å². The van der Waals surface area contributed by atoms with Crippen LogP contribution in [0.3, 0.4) is 0 Å². The first-order valence-electron chi connectivity index (χ1n) is 6.85. The van der Waals surface area contributed by atoms with Crippen molar-refractivity contribution in [2.75, 3.05) is 0 Å². The average Bonchev–Trinajstić information content (AvgIpc) is 2.56. The SMILES string of the molecule is O=C([O-])c1cc2c(C(=O)[O-])c(C(=O)[O-])c(C(=O)[O-])cc2c(C(=O)[O-])c1C(=O)[O-].[Na+].[Na+].[Na+].[Na+].[Na+].[Na+]. The van der Waals surface area contributed by atoms with Crippen LogP contribution in [-0.4, -0.2) is 35.8 Å². The van der Waals surface area contributed by atoms with Crippen LogP contribution in [0.1, 0.15) is 62.1 Å². The quantitative estimate of drug-likeness (QED) is 0.320. The fraction of sp³-hybridized carbons (Fsp3) is 0. The number of carbonyl (C=O) groups excluding carboxylic acids is 6. The van der Waals surface area contributed by atoms with E-state index in [1.165, 1.54) is 0 Å². The monoisotopic (exact) mass is 524 g/mol. The molecule has 0 unspecified atom stereocenters. The van der Waals surface area contributed by atoms with Crippen LogP contribution in [0.4, 0.5) is 0 Å². The van der Waals surface area contributed by atoms with Gasteiger partial charge in [0.15, 0.2) is 0 Å². The number of carboxylic acid groups (broad SMARTS) is 6. The molecule has 0 aliphatic heterocycles. The van der Waals surface area contributed by atoms with Gasteiger partial charge in [0.05, 0.1) is 35.8 Å². The van der Waals surface area contributed by atoms with Crippen molar-refractivity contribution in [3.05, 3.63) is 45.5 Å². The van der Waals surface area contributed by atoms with E-state index in [0.29, 0.717) is 0 Å². The van der Waals surface area contributed by atoms with Crippen LogP contribution in [0, 0.1) is 0 Å². The standard InChI is InChI=1S/C16H8O12.6Na/c17-11(18)5-1-3-4(8(14(23)24)9(5)15(25)26)2-6(12(19)20)10(16(27)28)7(3)13(21)22;;;;;;/h1-2H,(H,17,18)(H,19,20)(H,21,22)(H,23,24)(H,25,26)(H,27,28);;;;;;/q;6*+1/p-6. The Balaban J connectivity index is -0.000000467. The third kappa shape index (κ3) is 9.37. The summed E-state index contributed by atoms with van der Waals surface area (Å²) in [5.74, 6) is -14.0. The number of benzene rings is 2.